The predicted octanol–water partition coefficient (Wildman–Crippen LogP) is 3.22. The number of likely N-dealkylation sites (tertiary alicyclic amines) is 1. The number of aliphatic hydroxyl groups excluding tert-OH is 1. The van der Waals surface area contributed by atoms with E-state index in [0.717, 1.165) is 31.8 Å². The highest BCUT2D eigenvalue weighted by Gasteiger charge is 2.17. The fourth-order valence-corrected chi connectivity index (χ4v) is 2.44. The third-order valence-corrected chi connectivity index (χ3v) is 3.63. The molecule has 0 amide bonds. The molecule has 2 atom stereocenters. The van der Waals surface area contributed by atoms with Crippen molar-refractivity contribution in [3.05, 3.63) is 11.6 Å². The summed E-state index contributed by atoms with van der Waals surface area (Å²) in [6.45, 7) is 9.91. The lowest BCUT2D eigenvalue weighted by Crippen LogP contribution is -2.39. The maximum atomic E-state index is 9.60. The van der Waals surface area contributed by atoms with E-state index in [4.69, 9.17) is 0 Å². The van der Waals surface area contributed by atoms with Crippen molar-refractivity contribution < 1.29 is 5.11 Å². The van der Waals surface area contributed by atoms with Crippen molar-refractivity contribution >= 4 is 0 Å². The van der Waals surface area contributed by atoms with E-state index in [1.807, 2.05) is 0 Å². The van der Waals surface area contributed by atoms with Gasteiger partial charge in [-0.25, -0.2) is 0 Å². The largest absolute Gasteiger partial charge is 0.392 e. The Kier molecular flexibility index (Phi) is 6.83. The fourth-order valence-electron chi connectivity index (χ4n) is 2.44. The molecule has 0 aromatic carbocycles. The normalized spacial score (nSPS) is 23.4. The average molecular weight is 239 g/mol. The Labute approximate surface area is 107 Å². The van der Waals surface area contributed by atoms with Gasteiger partial charge in [0.05, 0.1) is 6.10 Å². The minimum absolute atomic E-state index is 0.0790. The second kappa shape index (κ2) is 7.88. The number of rotatable bonds is 6. The molecule has 0 spiro atoms. The number of nitrogens with zero attached hydrogens (tertiary/aromatic N) is 1. The van der Waals surface area contributed by atoms with Crippen LogP contribution in [0.1, 0.15) is 52.9 Å². The zero-order chi connectivity index (χ0) is 12.7. The molecule has 17 heavy (non-hydrogen) atoms. The third-order valence-electron chi connectivity index (χ3n) is 3.63. The summed E-state index contributed by atoms with van der Waals surface area (Å²) >= 11 is 0. The number of hydrogen-bond acceptors (Lipinski definition) is 2. The van der Waals surface area contributed by atoms with Crippen LogP contribution in [0.4, 0.5) is 0 Å². The zero-order valence-electron chi connectivity index (χ0n) is 11.8. The van der Waals surface area contributed by atoms with E-state index in [2.05, 4.69) is 31.7 Å². The Morgan fingerprint density at radius 3 is 2.82 bits per heavy atom. The molecule has 0 saturated carbocycles. The first kappa shape index (κ1) is 14.7. The Hall–Kier alpha value is -0.340. The molecule has 1 aliphatic heterocycles. The lowest BCUT2D eigenvalue weighted by molar-refractivity contribution is 0.0678. The molecule has 0 aromatic rings. The number of hydrogen-bond donors (Lipinski definition) is 1. The number of allylic oxidation sites excluding steroid dienone is 2. The predicted molar refractivity (Wildman–Crippen MR) is 74.1 cm³/mol. The van der Waals surface area contributed by atoms with E-state index in [1.165, 1.54) is 31.4 Å². The van der Waals surface area contributed by atoms with Crippen LogP contribution in [-0.4, -0.2) is 35.7 Å². The summed E-state index contributed by atoms with van der Waals surface area (Å²) in [5, 5.41) is 9.60. The van der Waals surface area contributed by atoms with Crippen molar-refractivity contribution in [2.45, 2.75) is 59.0 Å². The topological polar surface area (TPSA) is 23.5 Å². The lowest BCUT2D eigenvalue weighted by atomic mass is 10.00. The second-order valence-electron chi connectivity index (χ2n) is 5.85. The molecule has 2 heteroatoms. The summed E-state index contributed by atoms with van der Waals surface area (Å²) in [5.74, 6) is 0.796. The highest BCUT2D eigenvalue weighted by atomic mass is 16.3. The van der Waals surface area contributed by atoms with Crippen LogP contribution in [0, 0.1) is 5.92 Å². The van der Waals surface area contributed by atoms with Gasteiger partial charge in [-0.05, 0) is 65.0 Å². The monoisotopic (exact) mass is 239 g/mol. The van der Waals surface area contributed by atoms with Crippen LogP contribution >= 0.6 is 0 Å². The van der Waals surface area contributed by atoms with Crippen molar-refractivity contribution in [3.63, 3.8) is 0 Å². The molecule has 0 radical (unpaired) electrons. The molecule has 100 valence electrons. The third kappa shape index (κ3) is 6.85. The van der Waals surface area contributed by atoms with E-state index in [9.17, 15) is 5.11 Å². The van der Waals surface area contributed by atoms with Crippen LogP contribution in [0.25, 0.3) is 0 Å². The molecule has 0 aliphatic carbocycles. The fraction of sp³-hybridized carbons (Fsp3) is 0.867. The first-order valence-corrected chi connectivity index (χ1v) is 7.11. The van der Waals surface area contributed by atoms with Gasteiger partial charge in [-0.3, -0.25) is 0 Å². The Balaban J connectivity index is 2.10. The van der Waals surface area contributed by atoms with Crippen molar-refractivity contribution in [3.8, 4) is 0 Å². The molecule has 1 rings (SSSR count). The first-order chi connectivity index (χ1) is 8.08. The minimum atomic E-state index is -0.0790. The van der Waals surface area contributed by atoms with Crippen LogP contribution in [0.15, 0.2) is 11.6 Å². The van der Waals surface area contributed by atoms with Crippen LogP contribution in [0.2, 0.25) is 0 Å². The maximum absolute atomic E-state index is 9.60. The van der Waals surface area contributed by atoms with Crippen molar-refractivity contribution in [2.75, 3.05) is 19.6 Å². The van der Waals surface area contributed by atoms with Crippen LogP contribution in [-0.2, 0) is 0 Å². The highest BCUT2D eigenvalue weighted by molar-refractivity contribution is 4.92. The molecule has 1 saturated heterocycles. The molecule has 0 unspecified atom stereocenters. The van der Waals surface area contributed by atoms with E-state index >= 15 is 0 Å². The van der Waals surface area contributed by atoms with Gasteiger partial charge < -0.3 is 10.0 Å². The first-order valence-electron chi connectivity index (χ1n) is 7.11. The molecule has 0 bridgehead atoms. The summed E-state index contributed by atoms with van der Waals surface area (Å²) in [4.78, 5) is 2.42. The van der Waals surface area contributed by atoms with E-state index in [-0.39, 0.29) is 6.10 Å². The molecule has 0 aromatic heterocycles. The molecule has 2 nitrogen and oxygen atoms in total. The van der Waals surface area contributed by atoms with E-state index in [0.29, 0.717) is 0 Å². The summed E-state index contributed by atoms with van der Waals surface area (Å²) in [6.07, 6.45) is 8.18. The molecule has 1 aliphatic rings. The molecular weight excluding hydrogens is 210 g/mol. The van der Waals surface area contributed by atoms with Crippen LogP contribution in [0.5, 0.6) is 0 Å². The van der Waals surface area contributed by atoms with Crippen LogP contribution < -0.4 is 0 Å². The van der Waals surface area contributed by atoms with Crippen LogP contribution in [0.3, 0.4) is 0 Å². The minimum Gasteiger partial charge on any atom is -0.392 e. The summed E-state index contributed by atoms with van der Waals surface area (Å²) in [7, 11) is 0. The van der Waals surface area contributed by atoms with Crippen molar-refractivity contribution in [1.82, 2.24) is 4.90 Å². The number of aliphatic hydroxyl groups is 1. The quantitative estimate of drug-likeness (QED) is 0.719. The van der Waals surface area contributed by atoms with Gasteiger partial charge in [0.15, 0.2) is 0 Å². The SMILES string of the molecule is CC(C)=CCC[C@@H](C)CCN1CCC[C@@H](O)C1. The Morgan fingerprint density at radius 1 is 1.41 bits per heavy atom. The molecule has 1 N–H and O–H groups in total. The van der Waals surface area contributed by atoms with E-state index < -0.39 is 0 Å². The summed E-state index contributed by atoms with van der Waals surface area (Å²) < 4.78 is 0. The van der Waals surface area contributed by atoms with Gasteiger partial charge in [0.25, 0.3) is 0 Å². The van der Waals surface area contributed by atoms with E-state index in [1.54, 1.807) is 0 Å². The summed E-state index contributed by atoms with van der Waals surface area (Å²) in [5.41, 5.74) is 1.43. The molecule has 1 heterocycles. The van der Waals surface area contributed by atoms with Gasteiger partial charge in [0.2, 0.25) is 0 Å². The standard InChI is InChI=1S/C15H29NO/c1-13(2)6-4-7-14(3)9-11-16-10-5-8-15(17)12-16/h6,14-15,17H,4-5,7-12H2,1-3H3/t14-,15-/m1/s1. The van der Waals surface area contributed by atoms with Gasteiger partial charge in [0.1, 0.15) is 0 Å². The smallest absolute Gasteiger partial charge is 0.0667 e. The highest BCUT2D eigenvalue weighted by Crippen LogP contribution is 2.15. The number of piperidine rings is 1. The van der Waals surface area contributed by atoms with Gasteiger partial charge in [-0.1, -0.05) is 18.6 Å². The second-order valence-corrected chi connectivity index (χ2v) is 5.85. The maximum Gasteiger partial charge on any atom is 0.0667 e. The Bertz CT molecular complexity index is 233. The zero-order valence-corrected chi connectivity index (χ0v) is 11.8. The van der Waals surface area contributed by atoms with Gasteiger partial charge in [0, 0.05) is 6.54 Å². The lowest BCUT2D eigenvalue weighted by Gasteiger charge is -2.30. The van der Waals surface area contributed by atoms with Crippen molar-refractivity contribution in [2.24, 2.45) is 5.92 Å². The molecular formula is C15H29NO. The van der Waals surface area contributed by atoms with Gasteiger partial charge >= 0.3 is 0 Å². The summed E-state index contributed by atoms with van der Waals surface area (Å²) in [6, 6.07) is 0. The average Bonchev–Trinajstić information content (AvgIpc) is 2.26. The molecule has 1 fully saturated rings. The van der Waals surface area contributed by atoms with Gasteiger partial charge in [-0.15, -0.1) is 0 Å². The number of β-amino-alcohol motifs (C(OH)–C–C–N with tert-alkyl or cyclic N) is 1. The Morgan fingerprint density at radius 2 is 2.18 bits per heavy atom. The van der Waals surface area contributed by atoms with Gasteiger partial charge in [-0.2, -0.15) is 0 Å². The van der Waals surface area contributed by atoms with Crippen molar-refractivity contribution in [1.29, 1.82) is 0 Å².